The highest BCUT2D eigenvalue weighted by Gasteiger charge is 2.28. The van der Waals surface area contributed by atoms with Gasteiger partial charge in [-0.05, 0) is 36.5 Å². The molecule has 1 heterocycles. The first-order chi connectivity index (χ1) is 17.4. The third kappa shape index (κ3) is 6.93. The molecule has 1 N–H and O–H groups in total. The summed E-state index contributed by atoms with van der Waals surface area (Å²) in [6, 6.07) is 4.82. The molecule has 0 saturated carbocycles. The van der Waals surface area contributed by atoms with Gasteiger partial charge in [0.2, 0.25) is 0 Å². The second kappa shape index (κ2) is 12.0. The second-order valence-corrected chi connectivity index (χ2v) is 11.7. The molecule has 2 atom stereocenters. The molecule has 9 nitrogen and oxygen atoms in total. The van der Waals surface area contributed by atoms with E-state index in [1.54, 1.807) is 4.90 Å². The lowest BCUT2D eigenvalue weighted by Crippen LogP contribution is -2.44. The Labute approximate surface area is 231 Å². The van der Waals surface area contributed by atoms with Crippen molar-refractivity contribution in [3.63, 3.8) is 0 Å². The molecule has 2 aromatic rings. The SMILES string of the molecule is COc1cc(OC)c(NS(=O)(=O)c2cc(C(=O)OCC(=O)N3CC(C)CC(C)C3)c(Cl)cc2Cl)cc1Cl. The third-order valence-electron chi connectivity index (χ3n) is 5.80. The van der Waals surface area contributed by atoms with Gasteiger partial charge >= 0.3 is 5.97 Å². The van der Waals surface area contributed by atoms with Gasteiger partial charge in [0.15, 0.2) is 6.61 Å². The smallest absolute Gasteiger partial charge is 0.340 e. The molecular weight excluding hydrogens is 567 g/mol. The second-order valence-electron chi connectivity index (χ2n) is 8.88. The van der Waals surface area contributed by atoms with Crippen molar-refractivity contribution < 1.29 is 32.2 Å². The molecule has 2 unspecified atom stereocenters. The summed E-state index contributed by atoms with van der Waals surface area (Å²) >= 11 is 18.5. The maximum absolute atomic E-state index is 13.2. The number of halogens is 3. The summed E-state index contributed by atoms with van der Waals surface area (Å²) in [5.74, 6) is -0.208. The number of nitrogens with one attached hydrogen (secondary N) is 1. The number of nitrogens with zero attached hydrogens (tertiary/aromatic N) is 1. The van der Waals surface area contributed by atoms with Crippen LogP contribution in [0.5, 0.6) is 11.5 Å². The summed E-state index contributed by atoms with van der Waals surface area (Å²) in [6.07, 6.45) is 1.02. The molecule has 0 aliphatic carbocycles. The zero-order valence-electron chi connectivity index (χ0n) is 20.6. The summed E-state index contributed by atoms with van der Waals surface area (Å²) in [5.41, 5.74) is -0.252. The average molecular weight is 594 g/mol. The van der Waals surface area contributed by atoms with Crippen LogP contribution in [0.3, 0.4) is 0 Å². The molecular formula is C24H27Cl3N2O7S. The molecule has 0 bridgehead atoms. The van der Waals surface area contributed by atoms with Crippen molar-refractivity contribution in [2.45, 2.75) is 25.2 Å². The first-order valence-electron chi connectivity index (χ1n) is 11.2. The van der Waals surface area contributed by atoms with E-state index in [9.17, 15) is 18.0 Å². The minimum absolute atomic E-state index is 0.0130. The summed E-state index contributed by atoms with van der Waals surface area (Å²) < 4.78 is 44.2. The lowest BCUT2D eigenvalue weighted by atomic mass is 9.92. The fourth-order valence-corrected chi connectivity index (χ4v) is 6.35. The highest BCUT2D eigenvalue weighted by Crippen LogP contribution is 2.38. The fraction of sp³-hybridized carbons (Fsp3) is 0.417. The Morgan fingerprint density at radius 1 is 0.946 bits per heavy atom. The lowest BCUT2D eigenvalue weighted by Gasteiger charge is -2.34. The van der Waals surface area contributed by atoms with E-state index in [0.717, 1.165) is 18.6 Å². The lowest BCUT2D eigenvalue weighted by molar-refractivity contribution is -0.137. The molecule has 37 heavy (non-hydrogen) atoms. The number of rotatable bonds is 8. The number of piperidine rings is 1. The van der Waals surface area contributed by atoms with Gasteiger partial charge in [-0.3, -0.25) is 9.52 Å². The van der Waals surface area contributed by atoms with Crippen LogP contribution < -0.4 is 14.2 Å². The highest BCUT2D eigenvalue weighted by atomic mass is 35.5. The molecule has 0 aromatic heterocycles. The summed E-state index contributed by atoms with van der Waals surface area (Å²) in [5, 5.41) is -0.235. The van der Waals surface area contributed by atoms with E-state index in [4.69, 9.17) is 49.0 Å². The number of ether oxygens (including phenoxy) is 3. The molecule has 202 valence electrons. The van der Waals surface area contributed by atoms with Crippen LogP contribution in [0.1, 0.15) is 30.6 Å². The Bertz CT molecular complexity index is 1290. The zero-order valence-corrected chi connectivity index (χ0v) is 23.7. The average Bonchev–Trinajstić information content (AvgIpc) is 2.81. The van der Waals surface area contributed by atoms with Gasteiger partial charge in [0, 0.05) is 19.2 Å². The number of methoxy groups -OCH3 is 2. The van der Waals surface area contributed by atoms with Crippen molar-refractivity contribution in [2.75, 3.05) is 38.6 Å². The van der Waals surface area contributed by atoms with E-state index in [1.807, 2.05) is 0 Å². The van der Waals surface area contributed by atoms with Gasteiger partial charge in [-0.1, -0.05) is 48.7 Å². The zero-order chi connectivity index (χ0) is 27.5. The standard InChI is InChI=1S/C24H27Cl3N2O7S/c1-13-5-14(2)11-29(10-13)23(30)12-36-24(31)15-6-22(18(27)7-16(15)25)37(32,33)28-19-8-17(26)20(34-3)9-21(19)35-4/h6-9,13-14,28H,5,10-12H2,1-4H3. The molecule has 13 heteroatoms. The van der Waals surface area contributed by atoms with Crippen LogP contribution in [0.4, 0.5) is 5.69 Å². The van der Waals surface area contributed by atoms with Crippen LogP contribution >= 0.6 is 34.8 Å². The van der Waals surface area contributed by atoms with E-state index < -0.39 is 27.5 Å². The van der Waals surface area contributed by atoms with Crippen molar-refractivity contribution in [3.8, 4) is 11.5 Å². The minimum Gasteiger partial charge on any atom is -0.495 e. The Morgan fingerprint density at radius 3 is 2.16 bits per heavy atom. The normalized spacial score (nSPS) is 17.8. The van der Waals surface area contributed by atoms with Crippen LogP contribution in [0.25, 0.3) is 0 Å². The topological polar surface area (TPSA) is 111 Å². The van der Waals surface area contributed by atoms with Gasteiger partial charge in [0.05, 0.1) is 40.5 Å². The Kier molecular flexibility index (Phi) is 9.44. The van der Waals surface area contributed by atoms with Gasteiger partial charge in [-0.15, -0.1) is 0 Å². The molecule has 1 amide bonds. The maximum atomic E-state index is 13.2. The van der Waals surface area contributed by atoms with Gasteiger partial charge in [-0.25, -0.2) is 13.2 Å². The molecule has 1 saturated heterocycles. The fourth-order valence-electron chi connectivity index (χ4n) is 4.19. The number of amides is 1. The van der Waals surface area contributed by atoms with E-state index in [-0.39, 0.29) is 43.7 Å². The quantitative estimate of drug-likeness (QED) is 0.423. The number of esters is 1. The van der Waals surface area contributed by atoms with E-state index in [0.29, 0.717) is 24.9 Å². The van der Waals surface area contributed by atoms with Crippen LogP contribution in [-0.2, 0) is 19.6 Å². The number of hydrogen-bond donors (Lipinski definition) is 1. The van der Waals surface area contributed by atoms with Crippen LogP contribution in [0.15, 0.2) is 29.2 Å². The Balaban J connectivity index is 1.82. The van der Waals surface area contributed by atoms with Gasteiger partial charge in [0.1, 0.15) is 16.4 Å². The van der Waals surface area contributed by atoms with Gasteiger partial charge < -0.3 is 19.1 Å². The number of carbonyl (C=O) groups excluding carboxylic acids is 2. The molecule has 1 aliphatic rings. The van der Waals surface area contributed by atoms with Crippen molar-refractivity contribution in [1.29, 1.82) is 0 Å². The molecule has 1 fully saturated rings. The summed E-state index contributed by atoms with van der Waals surface area (Å²) in [4.78, 5) is 26.6. The maximum Gasteiger partial charge on any atom is 0.340 e. The number of anilines is 1. The molecule has 1 aliphatic heterocycles. The predicted octanol–water partition coefficient (Wildman–Crippen LogP) is 5.13. The van der Waals surface area contributed by atoms with E-state index in [2.05, 4.69) is 18.6 Å². The molecule has 0 spiro atoms. The highest BCUT2D eigenvalue weighted by molar-refractivity contribution is 7.92. The van der Waals surface area contributed by atoms with Gasteiger partial charge in [0.25, 0.3) is 15.9 Å². The molecule has 3 rings (SSSR count). The van der Waals surface area contributed by atoms with Crippen LogP contribution in [0.2, 0.25) is 15.1 Å². The summed E-state index contributed by atoms with van der Waals surface area (Å²) in [7, 11) is -1.60. The number of sulfonamides is 1. The van der Waals surface area contributed by atoms with E-state index in [1.165, 1.54) is 26.4 Å². The third-order valence-corrected chi connectivity index (χ3v) is 8.24. The molecule has 0 radical (unpaired) electrons. The van der Waals surface area contributed by atoms with Crippen molar-refractivity contribution in [2.24, 2.45) is 11.8 Å². The van der Waals surface area contributed by atoms with E-state index >= 15 is 0 Å². The van der Waals surface area contributed by atoms with Crippen LogP contribution in [0, 0.1) is 11.8 Å². The monoisotopic (exact) mass is 592 g/mol. The summed E-state index contributed by atoms with van der Waals surface area (Å²) in [6.45, 7) is 4.77. The Hall–Kier alpha value is -2.40. The predicted molar refractivity (Wildman–Crippen MR) is 142 cm³/mol. The number of hydrogen-bond acceptors (Lipinski definition) is 7. The molecule has 2 aromatic carbocycles. The minimum atomic E-state index is -4.35. The number of carbonyl (C=O) groups is 2. The van der Waals surface area contributed by atoms with Crippen molar-refractivity contribution in [1.82, 2.24) is 4.90 Å². The van der Waals surface area contributed by atoms with Crippen molar-refractivity contribution in [3.05, 3.63) is 44.9 Å². The number of likely N-dealkylation sites (tertiary alicyclic amines) is 1. The number of benzene rings is 2. The van der Waals surface area contributed by atoms with Crippen LogP contribution in [-0.4, -0.2) is 59.1 Å². The van der Waals surface area contributed by atoms with Crippen molar-refractivity contribution >= 4 is 62.4 Å². The Morgan fingerprint density at radius 2 is 1.57 bits per heavy atom. The first kappa shape index (κ1) is 29.2. The largest absolute Gasteiger partial charge is 0.495 e. The first-order valence-corrected chi connectivity index (χ1v) is 13.9. The van der Waals surface area contributed by atoms with Gasteiger partial charge in [-0.2, -0.15) is 0 Å².